The van der Waals surface area contributed by atoms with Crippen molar-refractivity contribution >= 4 is 23.2 Å². The number of amides is 2. The fourth-order valence-electron chi connectivity index (χ4n) is 2.31. The molecule has 1 aromatic heterocycles. The average Bonchev–Trinajstić information content (AvgIpc) is 2.72. The van der Waals surface area contributed by atoms with Crippen LogP contribution in [0, 0.1) is 0 Å². The number of carbonyl (C=O) groups excluding carboxylic acids is 2. The van der Waals surface area contributed by atoms with E-state index < -0.39 is 6.10 Å². The first-order chi connectivity index (χ1) is 13.5. The fourth-order valence-corrected chi connectivity index (χ4v) is 2.31. The molecular formula is C20H25N3O5. The molecule has 1 aromatic carbocycles. The van der Waals surface area contributed by atoms with Crippen molar-refractivity contribution in [1.29, 1.82) is 0 Å². The molecule has 28 heavy (non-hydrogen) atoms. The molecule has 0 fully saturated rings. The van der Waals surface area contributed by atoms with Crippen LogP contribution in [0.25, 0.3) is 0 Å². The molecule has 0 aliphatic carbocycles. The lowest BCUT2D eigenvalue weighted by atomic mass is 10.2. The highest BCUT2D eigenvalue weighted by molar-refractivity contribution is 6.05. The molecule has 0 aliphatic rings. The Labute approximate surface area is 164 Å². The van der Waals surface area contributed by atoms with Gasteiger partial charge in [-0.1, -0.05) is 0 Å². The maximum absolute atomic E-state index is 12.3. The van der Waals surface area contributed by atoms with Crippen molar-refractivity contribution in [3.05, 3.63) is 48.3 Å². The Hall–Kier alpha value is -2.97. The first-order valence-electron chi connectivity index (χ1n) is 8.94. The minimum absolute atomic E-state index is 0.286. The summed E-state index contributed by atoms with van der Waals surface area (Å²) in [6.07, 6.45) is 2.44. The number of nitrogens with zero attached hydrogens (tertiary/aromatic N) is 1. The molecule has 0 bridgehead atoms. The molecule has 0 saturated heterocycles. The summed E-state index contributed by atoms with van der Waals surface area (Å²) >= 11 is 0. The molecule has 8 heteroatoms. The number of benzene rings is 1. The summed E-state index contributed by atoms with van der Waals surface area (Å²) in [6.45, 7) is 4.94. The Morgan fingerprint density at radius 3 is 2.68 bits per heavy atom. The monoisotopic (exact) mass is 387 g/mol. The Morgan fingerprint density at radius 2 is 2.00 bits per heavy atom. The van der Waals surface area contributed by atoms with Gasteiger partial charge in [0, 0.05) is 30.8 Å². The smallest absolute Gasteiger partial charge is 0.257 e. The van der Waals surface area contributed by atoms with E-state index in [1.165, 1.54) is 13.3 Å². The summed E-state index contributed by atoms with van der Waals surface area (Å²) in [7, 11) is 1.49. The number of hydrogen-bond acceptors (Lipinski definition) is 6. The number of rotatable bonds is 10. The lowest BCUT2D eigenvalue weighted by Crippen LogP contribution is -2.28. The van der Waals surface area contributed by atoms with Gasteiger partial charge in [-0.05, 0) is 38.1 Å². The lowest BCUT2D eigenvalue weighted by molar-refractivity contribution is -0.127. The van der Waals surface area contributed by atoms with Crippen LogP contribution in [-0.2, 0) is 14.3 Å². The third-order valence-corrected chi connectivity index (χ3v) is 3.81. The van der Waals surface area contributed by atoms with Gasteiger partial charge < -0.3 is 24.8 Å². The van der Waals surface area contributed by atoms with Gasteiger partial charge in [0.2, 0.25) is 0 Å². The van der Waals surface area contributed by atoms with Crippen LogP contribution >= 0.6 is 0 Å². The zero-order valence-corrected chi connectivity index (χ0v) is 16.2. The quantitative estimate of drug-likeness (QED) is 0.608. The number of carbonyl (C=O) groups is 2. The second-order valence-corrected chi connectivity index (χ2v) is 5.81. The van der Waals surface area contributed by atoms with Gasteiger partial charge in [0.15, 0.2) is 0 Å². The van der Waals surface area contributed by atoms with Crippen molar-refractivity contribution in [1.82, 2.24) is 4.98 Å². The Balaban J connectivity index is 1.98. The second-order valence-electron chi connectivity index (χ2n) is 5.81. The molecule has 2 rings (SSSR count). The molecule has 1 unspecified atom stereocenters. The van der Waals surface area contributed by atoms with Crippen molar-refractivity contribution < 1.29 is 23.8 Å². The van der Waals surface area contributed by atoms with Crippen molar-refractivity contribution in [2.45, 2.75) is 20.0 Å². The van der Waals surface area contributed by atoms with E-state index in [9.17, 15) is 9.59 Å². The summed E-state index contributed by atoms with van der Waals surface area (Å²) in [5.74, 6) is -0.176. The number of nitrogens with one attached hydrogen (secondary N) is 2. The van der Waals surface area contributed by atoms with Crippen LogP contribution in [0.3, 0.4) is 0 Å². The number of aromatic nitrogens is 1. The number of hydrogen-bond donors (Lipinski definition) is 2. The largest absolute Gasteiger partial charge is 0.494 e. The molecule has 2 aromatic rings. The molecule has 0 radical (unpaired) electrons. The summed E-state index contributed by atoms with van der Waals surface area (Å²) < 4.78 is 15.9. The van der Waals surface area contributed by atoms with Crippen molar-refractivity contribution in [3.8, 4) is 5.75 Å². The number of pyridine rings is 1. The molecule has 1 heterocycles. The van der Waals surface area contributed by atoms with Gasteiger partial charge >= 0.3 is 0 Å². The van der Waals surface area contributed by atoms with Crippen LogP contribution in [0.15, 0.2) is 42.7 Å². The van der Waals surface area contributed by atoms with Gasteiger partial charge in [-0.15, -0.1) is 0 Å². The van der Waals surface area contributed by atoms with Gasteiger partial charge in [-0.3, -0.25) is 14.6 Å². The normalized spacial score (nSPS) is 11.5. The zero-order valence-electron chi connectivity index (χ0n) is 16.2. The Kier molecular flexibility index (Phi) is 8.38. The van der Waals surface area contributed by atoms with E-state index in [0.717, 1.165) is 0 Å². The van der Waals surface area contributed by atoms with Crippen LogP contribution in [0.4, 0.5) is 11.4 Å². The molecule has 150 valence electrons. The highest BCUT2D eigenvalue weighted by Gasteiger charge is 2.15. The van der Waals surface area contributed by atoms with Crippen molar-refractivity contribution in [2.75, 3.05) is 37.6 Å². The summed E-state index contributed by atoms with van der Waals surface area (Å²) in [6, 6.07) is 8.30. The molecule has 0 saturated carbocycles. The summed E-state index contributed by atoms with van der Waals surface area (Å²) in [5, 5.41) is 5.53. The maximum atomic E-state index is 12.3. The average molecular weight is 387 g/mol. The maximum Gasteiger partial charge on any atom is 0.257 e. The topological polar surface area (TPSA) is 98.8 Å². The van der Waals surface area contributed by atoms with Gasteiger partial charge in [0.1, 0.15) is 11.9 Å². The minimum Gasteiger partial charge on any atom is -0.494 e. The van der Waals surface area contributed by atoms with Crippen LogP contribution in [0.2, 0.25) is 0 Å². The standard InChI is InChI=1S/C20H25N3O5/c1-4-27-10-11-28-14(2)19(24)22-16-7-8-17(18(12-16)26-3)23-20(25)15-6-5-9-21-13-15/h5-9,12-14H,4,10-11H2,1-3H3,(H,22,24)(H,23,25). The van der Waals surface area contributed by atoms with Crippen molar-refractivity contribution in [3.63, 3.8) is 0 Å². The van der Waals surface area contributed by atoms with Crippen LogP contribution in [-0.4, -0.2) is 49.8 Å². The molecule has 8 nitrogen and oxygen atoms in total. The molecule has 0 spiro atoms. The predicted molar refractivity (Wildman–Crippen MR) is 106 cm³/mol. The number of anilines is 2. The second kappa shape index (κ2) is 11.0. The van der Waals surface area contributed by atoms with E-state index >= 15 is 0 Å². The highest BCUT2D eigenvalue weighted by Crippen LogP contribution is 2.28. The summed E-state index contributed by atoms with van der Waals surface area (Å²) in [4.78, 5) is 28.4. The highest BCUT2D eigenvalue weighted by atomic mass is 16.5. The SMILES string of the molecule is CCOCCOC(C)C(=O)Nc1ccc(NC(=O)c2cccnc2)c(OC)c1. The zero-order chi connectivity index (χ0) is 20.4. The summed E-state index contributed by atoms with van der Waals surface area (Å²) in [5.41, 5.74) is 1.44. The third-order valence-electron chi connectivity index (χ3n) is 3.81. The van der Waals surface area contributed by atoms with Crippen LogP contribution < -0.4 is 15.4 Å². The van der Waals surface area contributed by atoms with E-state index in [4.69, 9.17) is 14.2 Å². The van der Waals surface area contributed by atoms with Crippen LogP contribution in [0.5, 0.6) is 5.75 Å². The first kappa shape index (κ1) is 21.3. The number of methoxy groups -OCH3 is 1. The molecule has 0 aliphatic heterocycles. The molecule has 2 amide bonds. The molecule has 2 N–H and O–H groups in total. The molecule has 1 atom stereocenters. The van der Waals surface area contributed by atoms with Gasteiger partial charge in [-0.2, -0.15) is 0 Å². The minimum atomic E-state index is -0.628. The third kappa shape index (κ3) is 6.33. The van der Waals surface area contributed by atoms with Crippen LogP contribution in [0.1, 0.15) is 24.2 Å². The first-order valence-corrected chi connectivity index (χ1v) is 8.94. The van der Waals surface area contributed by atoms with E-state index in [0.29, 0.717) is 42.5 Å². The van der Waals surface area contributed by atoms with Gasteiger partial charge in [0.05, 0.1) is 31.6 Å². The van der Waals surface area contributed by atoms with E-state index in [1.54, 1.807) is 43.5 Å². The van der Waals surface area contributed by atoms with Gasteiger partial charge in [0.25, 0.3) is 11.8 Å². The van der Waals surface area contributed by atoms with Crippen molar-refractivity contribution in [2.24, 2.45) is 0 Å². The van der Waals surface area contributed by atoms with E-state index in [1.807, 2.05) is 6.92 Å². The van der Waals surface area contributed by atoms with Gasteiger partial charge in [-0.25, -0.2) is 0 Å². The Bertz CT molecular complexity index is 783. The lowest BCUT2D eigenvalue weighted by Gasteiger charge is -2.15. The number of ether oxygens (including phenoxy) is 3. The van der Waals surface area contributed by atoms with E-state index in [2.05, 4.69) is 15.6 Å². The predicted octanol–water partition coefficient (Wildman–Crippen LogP) is 2.72. The molecular weight excluding hydrogens is 362 g/mol. The fraction of sp³-hybridized carbons (Fsp3) is 0.350. The van der Waals surface area contributed by atoms with E-state index in [-0.39, 0.29) is 11.8 Å². The Morgan fingerprint density at radius 1 is 1.18 bits per heavy atom.